The summed E-state index contributed by atoms with van der Waals surface area (Å²) in [6.45, 7) is -0.877. The molecular formula is C11H13F2N3O3. The van der Waals surface area contributed by atoms with Gasteiger partial charge in [-0.2, -0.15) is 13.9 Å². The van der Waals surface area contributed by atoms with Crippen LogP contribution in [0.15, 0.2) is 12.4 Å². The second-order valence-electron chi connectivity index (χ2n) is 4.83. The van der Waals surface area contributed by atoms with E-state index in [9.17, 15) is 18.4 Å². The Morgan fingerprint density at radius 3 is 2.68 bits per heavy atom. The van der Waals surface area contributed by atoms with Crippen LogP contribution in [0.4, 0.5) is 8.78 Å². The average molecular weight is 273 g/mol. The number of aromatic nitrogens is 2. The van der Waals surface area contributed by atoms with Crippen molar-refractivity contribution < 1.29 is 23.5 Å². The van der Waals surface area contributed by atoms with Crippen LogP contribution >= 0.6 is 0 Å². The molecule has 0 saturated carbocycles. The SMILES string of the molecule is CC1(C(=O)O)CCN(C(=O)c2cnn(C(F)F)c2)C1. The van der Waals surface area contributed by atoms with E-state index < -0.39 is 23.8 Å². The molecule has 19 heavy (non-hydrogen) atoms. The molecule has 1 amide bonds. The van der Waals surface area contributed by atoms with Crippen molar-refractivity contribution in [3.63, 3.8) is 0 Å². The molecule has 1 fully saturated rings. The number of rotatable bonds is 3. The highest BCUT2D eigenvalue weighted by molar-refractivity contribution is 5.94. The predicted octanol–water partition coefficient (Wildman–Crippen LogP) is 1.21. The second-order valence-corrected chi connectivity index (χ2v) is 4.83. The number of carboxylic acid groups (broad SMARTS) is 1. The van der Waals surface area contributed by atoms with Gasteiger partial charge in [-0.05, 0) is 13.3 Å². The minimum absolute atomic E-state index is 0.0370. The third-order valence-electron chi connectivity index (χ3n) is 3.33. The number of halogens is 2. The minimum atomic E-state index is -2.80. The molecule has 1 saturated heterocycles. The van der Waals surface area contributed by atoms with Gasteiger partial charge in [-0.3, -0.25) is 9.59 Å². The number of hydrogen-bond donors (Lipinski definition) is 1. The van der Waals surface area contributed by atoms with Crippen LogP contribution < -0.4 is 0 Å². The van der Waals surface area contributed by atoms with Gasteiger partial charge >= 0.3 is 12.5 Å². The van der Waals surface area contributed by atoms with E-state index >= 15 is 0 Å². The number of carbonyl (C=O) groups excluding carboxylic acids is 1. The fourth-order valence-corrected chi connectivity index (χ4v) is 2.05. The van der Waals surface area contributed by atoms with Gasteiger partial charge in [0.1, 0.15) is 0 Å². The first-order chi connectivity index (χ1) is 8.83. The van der Waals surface area contributed by atoms with Gasteiger partial charge in [0, 0.05) is 19.3 Å². The molecular weight excluding hydrogens is 260 g/mol. The molecule has 0 spiro atoms. The molecule has 0 aromatic carbocycles. The molecule has 6 nitrogen and oxygen atoms in total. The molecule has 2 heterocycles. The van der Waals surface area contributed by atoms with Crippen molar-refractivity contribution in [2.24, 2.45) is 5.41 Å². The van der Waals surface area contributed by atoms with Crippen LogP contribution in [-0.4, -0.2) is 44.8 Å². The Kier molecular flexibility index (Phi) is 3.25. The zero-order chi connectivity index (χ0) is 14.2. The summed E-state index contributed by atoms with van der Waals surface area (Å²) < 4.78 is 25.1. The normalized spacial score (nSPS) is 23.1. The van der Waals surface area contributed by atoms with Crippen molar-refractivity contribution in [2.45, 2.75) is 19.9 Å². The van der Waals surface area contributed by atoms with Crippen LogP contribution in [0.1, 0.15) is 30.3 Å². The largest absolute Gasteiger partial charge is 0.481 e. The van der Waals surface area contributed by atoms with Crippen LogP contribution in [0.25, 0.3) is 0 Å². The summed E-state index contributed by atoms with van der Waals surface area (Å²) in [5.74, 6) is -1.44. The van der Waals surface area contributed by atoms with Crippen LogP contribution in [0, 0.1) is 5.41 Å². The van der Waals surface area contributed by atoms with Crippen molar-refractivity contribution in [3.8, 4) is 0 Å². The van der Waals surface area contributed by atoms with Gasteiger partial charge in [-0.15, -0.1) is 0 Å². The van der Waals surface area contributed by atoms with Crippen molar-refractivity contribution in [1.29, 1.82) is 0 Å². The molecule has 0 aliphatic carbocycles. The number of alkyl halides is 2. The van der Waals surface area contributed by atoms with Gasteiger partial charge in [0.15, 0.2) is 0 Å². The summed E-state index contributed by atoms with van der Waals surface area (Å²) in [7, 11) is 0. The number of carboxylic acids is 1. The Morgan fingerprint density at radius 2 is 2.21 bits per heavy atom. The van der Waals surface area contributed by atoms with Crippen molar-refractivity contribution in [2.75, 3.05) is 13.1 Å². The summed E-state index contributed by atoms with van der Waals surface area (Å²) in [6, 6.07) is 0. The quantitative estimate of drug-likeness (QED) is 0.898. The van der Waals surface area contributed by atoms with E-state index in [2.05, 4.69) is 5.10 Å². The van der Waals surface area contributed by atoms with Gasteiger partial charge in [0.25, 0.3) is 5.91 Å². The highest BCUT2D eigenvalue weighted by atomic mass is 19.3. The molecule has 1 unspecified atom stereocenters. The lowest BCUT2D eigenvalue weighted by atomic mass is 9.90. The lowest BCUT2D eigenvalue weighted by molar-refractivity contribution is -0.147. The van der Waals surface area contributed by atoms with Crippen molar-refractivity contribution in [3.05, 3.63) is 18.0 Å². The van der Waals surface area contributed by atoms with E-state index in [0.29, 0.717) is 17.6 Å². The monoisotopic (exact) mass is 273 g/mol. The van der Waals surface area contributed by atoms with Crippen LogP contribution in [0.5, 0.6) is 0 Å². The standard InChI is InChI=1S/C11H13F2N3O3/c1-11(9(18)19)2-3-15(6-11)8(17)7-4-14-16(5-7)10(12)13/h4-5,10H,2-3,6H2,1H3,(H,18,19). The zero-order valence-electron chi connectivity index (χ0n) is 10.2. The summed E-state index contributed by atoms with van der Waals surface area (Å²) in [4.78, 5) is 24.4. The summed E-state index contributed by atoms with van der Waals surface area (Å²) in [6.07, 6.45) is 2.37. The highest BCUT2D eigenvalue weighted by Crippen LogP contribution is 2.31. The maximum Gasteiger partial charge on any atom is 0.333 e. The fraction of sp³-hybridized carbons (Fsp3) is 0.545. The molecule has 1 aromatic rings. The van der Waals surface area contributed by atoms with Crippen molar-refractivity contribution in [1.82, 2.24) is 14.7 Å². The Hall–Kier alpha value is -1.99. The van der Waals surface area contributed by atoms with Crippen LogP contribution in [-0.2, 0) is 4.79 Å². The first kappa shape index (κ1) is 13.4. The van der Waals surface area contributed by atoms with E-state index in [4.69, 9.17) is 5.11 Å². The molecule has 2 rings (SSSR count). The first-order valence-electron chi connectivity index (χ1n) is 5.68. The predicted molar refractivity (Wildman–Crippen MR) is 59.7 cm³/mol. The maximum atomic E-state index is 12.3. The van der Waals surface area contributed by atoms with Gasteiger partial charge < -0.3 is 10.0 Å². The molecule has 0 bridgehead atoms. The Bertz CT molecular complexity index is 517. The number of likely N-dealkylation sites (tertiary alicyclic amines) is 1. The van der Waals surface area contributed by atoms with E-state index in [0.717, 1.165) is 12.4 Å². The fourth-order valence-electron chi connectivity index (χ4n) is 2.05. The Labute approximate surface area is 107 Å². The van der Waals surface area contributed by atoms with Crippen molar-refractivity contribution >= 4 is 11.9 Å². The van der Waals surface area contributed by atoms with Gasteiger partial charge in [0.05, 0.1) is 17.2 Å². The Morgan fingerprint density at radius 1 is 1.53 bits per heavy atom. The summed E-state index contributed by atoms with van der Waals surface area (Å²) in [5.41, 5.74) is -0.941. The van der Waals surface area contributed by atoms with E-state index in [1.807, 2.05) is 0 Å². The molecule has 8 heteroatoms. The second kappa shape index (κ2) is 4.60. The zero-order valence-corrected chi connectivity index (χ0v) is 10.2. The molecule has 0 radical (unpaired) electrons. The third-order valence-corrected chi connectivity index (χ3v) is 3.33. The summed E-state index contributed by atoms with van der Waals surface area (Å²) in [5, 5.41) is 12.4. The number of nitrogens with zero attached hydrogens (tertiary/aromatic N) is 3. The Balaban J connectivity index is 2.11. The highest BCUT2D eigenvalue weighted by Gasteiger charge is 2.42. The molecule has 1 aliphatic heterocycles. The minimum Gasteiger partial charge on any atom is -0.481 e. The lowest BCUT2D eigenvalue weighted by Crippen LogP contribution is -2.34. The van der Waals surface area contributed by atoms with E-state index in [1.165, 1.54) is 4.90 Å². The first-order valence-corrected chi connectivity index (χ1v) is 5.68. The average Bonchev–Trinajstić information content (AvgIpc) is 2.95. The van der Waals surface area contributed by atoms with Gasteiger partial charge in [-0.25, -0.2) is 4.68 Å². The van der Waals surface area contributed by atoms with Gasteiger partial charge in [0.2, 0.25) is 0 Å². The molecule has 1 aromatic heterocycles. The topological polar surface area (TPSA) is 75.4 Å². The number of amides is 1. The smallest absolute Gasteiger partial charge is 0.333 e. The molecule has 1 N–H and O–H groups in total. The third kappa shape index (κ3) is 2.42. The van der Waals surface area contributed by atoms with Gasteiger partial charge in [-0.1, -0.05) is 0 Å². The molecule has 1 atom stereocenters. The molecule has 104 valence electrons. The summed E-state index contributed by atoms with van der Waals surface area (Å²) >= 11 is 0. The van der Waals surface area contributed by atoms with E-state index in [-0.39, 0.29) is 12.1 Å². The number of hydrogen-bond acceptors (Lipinski definition) is 3. The number of carbonyl (C=O) groups is 2. The lowest BCUT2D eigenvalue weighted by Gasteiger charge is -2.19. The van der Waals surface area contributed by atoms with E-state index in [1.54, 1.807) is 6.92 Å². The maximum absolute atomic E-state index is 12.3. The van der Waals surface area contributed by atoms with Crippen LogP contribution in [0.2, 0.25) is 0 Å². The molecule has 1 aliphatic rings. The van der Waals surface area contributed by atoms with Crippen LogP contribution in [0.3, 0.4) is 0 Å². The number of aliphatic carboxylic acids is 1.